The third-order valence-electron chi connectivity index (χ3n) is 2.96. The molecule has 0 atom stereocenters. The van der Waals surface area contributed by atoms with Crippen molar-refractivity contribution in [2.24, 2.45) is 5.92 Å². The van der Waals surface area contributed by atoms with Gasteiger partial charge in [-0.1, -0.05) is 18.3 Å². The molecule has 0 radical (unpaired) electrons. The minimum absolute atomic E-state index is 0.253. The summed E-state index contributed by atoms with van der Waals surface area (Å²) in [6, 6.07) is 3.50. The molecule has 0 N–H and O–H groups in total. The second kappa shape index (κ2) is 5.60. The minimum Gasteiger partial charge on any atom is -0.298 e. The zero-order chi connectivity index (χ0) is 12.3. The van der Waals surface area contributed by atoms with Gasteiger partial charge < -0.3 is 0 Å². The van der Waals surface area contributed by atoms with Gasteiger partial charge in [0.1, 0.15) is 0 Å². The lowest BCUT2D eigenvalue weighted by atomic mass is 10.3. The SMILES string of the molecule is CCCN(Cc1ccc([N+](=O)[O-])s1)CC1CC1. The molecule has 1 saturated carbocycles. The zero-order valence-electron chi connectivity index (χ0n) is 10.1. The van der Waals surface area contributed by atoms with Gasteiger partial charge in [0.05, 0.1) is 4.92 Å². The second-order valence-electron chi connectivity index (χ2n) is 4.68. The average molecular weight is 254 g/mol. The predicted molar refractivity (Wildman–Crippen MR) is 69.3 cm³/mol. The van der Waals surface area contributed by atoms with E-state index in [0.717, 1.165) is 36.9 Å². The van der Waals surface area contributed by atoms with Crippen LogP contribution in [0.3, 0.4) is 0 Å². The maximum atomic E-state index is 10.6. The van der Waals surface area contributed by atoms with Crippen LogP contribution in [-0.2, 0) is 6.54 Å². The fraction of sp³-hybridized carbons (Fsp3) is 0.667. The molecule has 1 aromatic rings. The molecular formula is C12H18N2O2S. The van der Waals surface area contributed by atoms with E-state index in [2.05, 4.69) is 11.8 Å². The van der Waals surface area contributed by atoms with Crippen LogP contribution in [0.15, 0.2) is 12.1 Å². The third kappa shape index (κ3) is 3.78. The van der Waals surface area contributed by atoms with Gasteiger partial charge in [-0.2, -0.15) is 0 Å². The maximum absolute atomic E-state index is 10.6. The molecule has 4 nitrogen and oxygen atoms in total. The molecule has 0 amide bonds. The molecule has 0 aliphatic heterocycles. The fourth-order valence-corrected chi connectivity index (χ4v) is 2.85. The van der Waals surface area contributed by atoms with E-state index in [1.54, 1.807) is 6.07 Å². The molecule has 1 aliphatic rings. The first-order valence-corrected chi connectivity index (χ1v) is 6.96. The van der Waals surface area contributed by atoms with Crippen LogP contribution < -0.4 is 0 Å². The number of hydrogen-bond donors (Lipinski definition) is 0. The number of nitro groups is 1. The quantitative estimate of drug-likeness (QED) is 0.554. The Morgan fingerprint density at radius 3 is 2.82 bits per heavy atom. The van der Waals surface area contributed by atoms with E-state index in [4.69, 9.17) is 0 Å². The van der Waals surface area contributed by atoms with Crippen molar-refractivity contribution in [3.8, 4) is 0 Å². The summed E-state index contributed by atoms with van der Waals surface area (Å²) >= 11 is 1.30. The molecule has 2 rings (SSSR count). The van der Waals surface area contributed by atoms with E-state index in [-0.39, 0.29) is 9.92 Å². The molecule has 5 heteroatoms. The second-order valence-corrected chi connectivity index (χ2v) is 5.82. The molecule has 1 heterocycles. The van der Waals surface area contributed by atoms with Crippen LogP contribution in [0.2, 0.25) is 0 Å². The van der Waals surface area contributed by atoms with E-state index < -0.39 is 0 Å². The van der Waals surface area contributed by atoms with Crippen molar-refractivity contribution in [2.75, 3.05) is 13.1 Å². The van der Waals surface area contributed by atoms with Gasteiger partial charge >= 0.3 is 5.00 Å². The van der Waals surface area contributed by atoms with Gasteiger partial charge in [0.25, 0.3) is 0 Å². The monoisotopic (exact) mass is 254 g/mol. The van der Waals surface area contributed by atoms with Crippen LogP contribution in [0, 0.1) is 16.0 Å². The largest absolute Gasteiger partial charge is 0.324 e. The Labute approximate surface area is 105 Å². The smallest absolute Gasteiger partial charge is 0.298 e. The summed E-state index contributed by atoms with van der Waals surface area (Å²) in [5.41, 5.74) is 0. The molecule has 0 saturated heterocycles. The highest BCUT2D eigenvalue weighted by Gasteiger charge is 2.24. The standard InChI is InChI=1S/C12H18N2O2S/c1-2-7-13(8-10-3-4-10)9-11-5-6-12(17-11)14(15)16/h5-6,10H,2-4,7-9H2,1H3. The van der Waals surface area contributed by atoms with Crippen LogP contribution in [0.5, 0.6) is 0 Å². The topological polar surface area (TPSA) is 46.4 Å². The number of rotatable bonds is 7. The highest BCUT2D eigenvalue weighted by atomic mass is 32.1. The number of nitrogens with zero attached hydrogens (tertiary/aromatic N) is 2. The molecule has 1 fully saturated rings. The fourth-order valence-electron chi connectivity index (χ4n) is 1.99. The van der Waals surface area contributed by atoms with Crippen molar-refractivity contribution in [1.29, 1.82) is 0 Å². The first kappa shape index (κ1) is 12.5. The van der Waals surface area contributed by atoms with Crippen molar-refractivity contribution < 1.29 is 4.92 Å². The molecular weight excluding hydrogens is 236 g/mol. The molecule has 0 bridgehead atoms. The molecule has 17 heavy (non-hydrogen) atoms. The summed E-state index contributed by atoms with van der Waals surface area (Å²) in [7, 11) is 0. The minimum atomic E-state index is -0.306. The highest BCUT2D eigenvalue weighted by molar-refractivity contribution is 7.15. The Morgan fingerprint density at radius 2 is 2.29 bits per heavy atom. The molecule has 1 aromatic heterocycles. The van der Waals surface area contributed by atoms with Gasteiger partial charge in [-0.05, 0) is 37.8 Å². The van der Waals surface area contributed by atoms with Gasteiger partial charge in [0.15, 0.2) is 0 Å². The van der Waals surface area contributed by atoms with Crippen molar-refractivity contribution in [3.63, 3.8) is 0 Å². The van der Waals surface area contributed by atoms with Gasteiger partial charge in [-0.15, -0.1) is 0 Å². The Balaban J connectivity index is 1.92. The van der Waals surface area contributed by atoms with Crippen LogP contribution >= 0.6 is 11.3 Å². The van der Waals surface area contributed by atoms with Gasteiger partial charge in [-0.25, -0.2) is 0 Å². The van der Waals surface area contributed by atoms with E-state index in [1.807, 2.05) is 6.07 Å². The van der Waals surface area contributed by atoms with Gasteiger partial charge in [0.2, 0.25) is 0 Å². The third-order valence-corrected chi connectivity index (χ3v) is 3.98. The van der Waals surface area contributed by atoms with Crippen molar-refractivity contribution in [1.82, 2.24) is 4.90 Å². The molecule has 0 aromatic carbocycles. The first-order valence-electron chi connectivity index (χ1n) is 6.14. The number of hydrogen-bond acceptors (Lipinski definition) is 4. The maximum Gasteiger partial charge on any atom is 0.324 e. The van der Waals surface area contributed by atoms with E-state index in [1.165, 1.54) is 24.2 Å². The summed E-state index contributed by atoms with van der Waals surface area (Å²) in [5.74, 6) is 0.872. The Morgan fingerprint density at radius 1 is 1.53 bits per heavy atom. The van der Waals surface area contributed by atoms with Crippen LogP contribution in [0.25, 0.3) is 0 Å². The van der Waals surface area contributed by atoms with Crippen molar-refractivity contribution in [2.45, 2.75) is 32.7 Å². The predicted octanol–water partition coefficient (Wildman–Crippen LogP) is 3.28. The summed E-state index contributed by atoms with van der Waals surface area (Å²) in [4.78, 5) is 13.8. The van der Waals surface area contributed by atoms with Crippen LogP contribution in [0.4, 0.5) is 5.00 Å². The summed E-state index contributed by atoms with van der Waals surface area (Å²) in [6.07, 6.45) is 3.84. The lowest BCUT2D eigenvalue weighted by molar-refractivity contribution is -0.380. The Hall–Kier alpha value is -0.940. The van der Waals surface area contributed by atoms with E-state index in [9.17, 15) is 10.1 Å². The summed E-state index contributed by atoms with van der Waals surface area (Å²) < 4.78 is 0. The number of thiophene rings is 1. The van der Waals surface area contributed by atoms with E-state index >= 15 is 0 Å². The van der Waals surface area contributed by atoms with E-state index in [0.29, 0.717) is 0 Å². The van der Waals surface area contributed by atoms with Gasteiger partial charge in [-0.3, -0.25) is 15.0 Å². The zero-order valence-corrected chi connectivity index (χ0v) is 10.9. The Bertz CT molecular complexity index is 388. The molecule has 1 aliphatic carbocycles. The molecule has 94 valence electrons. The first-order chi connectivity index (χ1) is 8.19. The van der Waals surface area contributed by atoms with Gasteiger partial charge in [0, 0.05) is 24.0 Å². The van der Waals surface area contributed by atoms with Crippen molar-refractivity contribution in [3.05, 3.63) is 27.1 Å². The summed E-state index contributed by atoms with van der Waals surface area (Å²) in [5, 5.41) is 10.9. The summed E-state index contributed by atoms with van der Waals surface area (Å²) in [6.45, 7) is 5.28. The van der Waals surface area contributed by atoms with Crippen LogP contribution in [0.1, 0.15) is 31.1 Å². The highest BCUT2D eigenvalue weighted by Crippen LogP contribution is 2.31. The Kier molecular flexibility index (Phi) is 4.12. The average Bonchev–Trinajstić information content (AvgIpc) is 2.95. The lowest BCUT2D eigenvalue weighted by Crippen LogP contribution is -2.25. The normalized spacial score (nSPS) is 15.4. The molecule has 0 spiro atoms. The lowest BCUT2D eigenvalue weighted by Gasteiger charge is -2.20. The molecule has 0 unspecified atom stereocenters. The van der Waals surface area contributed by atoms with Crippen molar-refractivity contribution >= 4 is 16.3 Å². The van der Waals surface area contributed by atoms with Crippen LogP contribution in [-0.4, -0.2) is 22.9 Å².